The second kappa shape index (κ2) is 5.79. The van der Waals surface area contributed by atoms with Crippen LogP contribution in [0.3, 0.4) is 0 Å². The summed E-state index contributed by atoms with van der Waals surface area (Å²) < 4.78 is 13.0. The summed E-state index contributed by atoms with van der Waals surface area (Å²) in [4.78, 5) is 25.6. The smallest absolute Gasteiger partial charge is 0.246 e. The number of amides is 2. The Balaban J connectivity index is 2.25. The van der Waals surface area contributed by atoms with Gasteiger partial charge in [0, 0.05) is 11.6 Å². The summed E-state index contributed by atoms with van der Waals surface area (Å²) in [6.45, 7) is 3.70. The van der Waals surface area contributed by atoms with Crippen molar-refractivity contribution in [1.82, 2.24) is 10.2 Å². The van der Waals surface area contributed by atoms with Crippen LogP contribution in [0.1, 0.15) is 25.8 Å². The Morgan fingerprint density at radius 2 is 2.10 bits per heavy atom. The highest BCUT2D eigenvalue weighted by Gasteiger charge is 2.37. The standard InChI is InChI=1S/C14H16ClFN2O2/c1-3-12-14(20)18(8(2)13(19)17-12)7-9-4-5-10(16)6-11(9)15/h4-6,8,12H,3,7H2,1-2H3,(H,17,19). The Kier molecular flexibility index (Phi) is 4.28. The number of carbonyl (C=O) groups excluding carboxylic acids is 2. The largest absolute Gasteiger partial charge is 0.343 e. The molecule has 4 nitrogen and oxygen atoms in total. The molecule has 108 valence electrons. The number of rotatable bonds is 3. The van der Waals surface area contributed by atoms with Crippen molar-refractivity contribution < 1.29 is 14.0 Å². The molecule has 20 heavy (non-hydrogen) atoms. The zero-order chi connectivity index (χ0) is 14.9. The second-order valence-corrected chi connectivity index (χ2v) is 5.25. The van der Waals surface area contributed by atoms with Crippen LogP contribution in [-0.2, 0) is 16.1 Å². The molecule has 1 N–H and O–H groups in total. The first-order chi connectivity index (χ1) is 9.43. The van der Waals surface area contributed by atoms with Gasteiger partial charge in [-0.05, 0) is 31.0 Å². The lowest BCUT2D eigenvalue weighted by Gasteiger charge is -2.37. The van der Waals surface area contributed by atoms with Crippen molar-refractivity contribution in [2.24, 2.45) is 0 Å². The summed E-state index contributed by atoms with van der Waals surface area (Å²) in [6.07, 6.45) is 0.533. The van der Waals surface area contributed by atoms with Crippen molar-refractivity contribution in [3.05, 3.63) is 34.6 Å². The summed E-state index contributed by atoms with van der Waals surface area (Å²) in [5.74, 6) is -0.754. The molecule has 0 aromatic heterocycles. The molecular formula is C14H16ClFN2O2. The predicted octanol–water partition coefficient (Wildman–Crippen LogP) is 2.10. The SMILES string of the molecule is CCC1NC(=O)C(C)N(Cc2ccc(F)cc2Cl)C1=O. The zero-order valence-corrected chi connectivity index (χ0v) is 12.1. The van der Waals surface area contributed by atoms with Crippen LogP contribution in [0.25, 0.3) is 0 Å². The highest BCUT2D eigenvalue weighted by atomic mass is 35.5. The quantitative estimate of drug-likeness (QED) is 0.929. The minimum absolute atomic E-state index is 0.139. The average Bonchev–Trinajstić information content (AvgIpc) is 2.41. The van der Waals surface area contributed by atoms with E-state index in [4.69, 9.17) is 11.6 Å². The maximum Gasteiger partial charge on any atom is 0.246 e. The van der Waals surface area contributed by atoms with Crippen molar-refractivity contribution in [2.75, 3.05) is 0 Å². The molecule has 2 amide bonds. The van der Waals surface area contributed by atoms with Gasteiger partial charge in [-0.15, -0.1) is 0 Å². The number of nitrogens with zero attached hydrogens (tertiary/aromatic N) is 1. The fourth-order valence-corrected chi connectivity index (χ4v) is 2.44. The Morgan fingerprint density at radius 3 is 2.70 bits per heavy atom. The van der Waals surface area contributed by atoms with Crippen molar-refractivity contribution in [1.29, 1.82) is 0 Å². The van der Waals surface area contributed by atoms with Crippen LogP contribution in [-0.4, -0.2) is 28.8 Å². The lowest BCUT2D eigenvalue weighted by molar-refractivity contribution is -0.149. The molecule has 0 saturated carbocycles. The molecule has 1 saturated heterocycles. The molecule has 2 rings (SSSR count). The number of nitrogens with one attached hydrogen (secondary N) is 1. The van der Waals surface area contributed by atoms with Gasteiger partial charge in [-0.2, -0.15) is 0 Å². The maximum absolute atomic E-state index is 13.0. The molecule has 1 aromatic rings. The average molecular weight is 299 g/mol. The number of benzene rings is 1. The third kappa shape index (κ3) is 2.77. The van der Waals surface area contributed by atoms with Gasteiger partial charge in [0.1, 0.15) is 17.9 Å². The van der Waals surface area contributed by atoms with Gasteiger partial charge >= 0.3 is 0 Å². The van der Waals surface area contributed by atoms with Crippen molar-refractivity contribution >= 4 is 23.4 Å². The monoisotopic (exact) mass is 298 g/mol. The van der Waals surface area contributed by atoms with Gasteiger partial charge in [-0.25, -0.2) is 4.39 Å². The van der Waals surface area contributed by atoms with Crippen molar-refractivity contribution in [3.8, 4) is 0 Å². The highest BCUT2D eigenvalue weighted by Crippen LogP contribution is 2.22. The minimum atomic E-state index is -0.564. The van der Waals surface area contributed by atoms with Gasteiger partial charge < -0.3 is 10.2 Å². The summed E-state index contributed by atoms with van der Waals surface area (Å²) >= 11 is 5.97. The molecule has 1 aliphatic heterocycles. The van der Waals surface area contributed by atoms with Gasteiger partial charge in [-0.3, -0.25) is 9.59 Å². The molecule has 0 spiro atoms. The van der Waals surface area contributed by atoms with E-state index in [0.29, 0.717) is 12.0 Å². The molecule has 0 bridgehead atoms. The van der Waals surface area contributed by atoms with Crippen LogP contribution < -0.4 is 5.32 Å². The molecule has 1 aliphatic rings. The predicted molar refractivity (Wildman–Crippen MR) is 73.6 cm³/mol. The normalized spacial score (nSPS) is 22.9. The van der Waals surface area contributed by atoms with E-state index < -0.39 is 17.9 Å². The van der Waals surface area contributed by atoms with Gasteiger partial charge in [0.25, 0.3) is 0 Å². The first kappa shape index (κ1) is 14.8. The zero-order valence-electron chi connectivity index (χ0n) is 11.3. The number of hydrogen-bond donors (Lipinski definition) is 1. The van der Waals surface area contributed by atoms with E-state index in [1.807, 2.05) is 6.92 Å². The van der Waals surface area contributed by atoms with Crippen LogP contribution >= 0.6 is 11.6 Å². The summed E-state index contributed by atoms with van der Waals surface area (Å²) in [5, 5.41) is 2.94. The topological polar surface area (TPSA) is 49.4 Å². The van der Waals surface area contributed by atoms with E-state index in [-0.39, 0.29) is 23.4 Å². The molecule has 1 fully saturated rings. The Hall–Kier alpha value is -1.62. The first-order valence-corrected chi connectivity index (χ1v) is 6.86. The van der Waals surface area contributed by atoms with E-state index in [1.165, 1.54) is 23.1 Å². The van der Waals surface area contributed by atoms with E-state index in [0.717, 1.165) is 0 Å². The number of carbonyl (C=O) groups is 2. The molecule has 2 unspecified atom stereocenters. The van der Waals surface area contributed by atoms with E-state index >= 15 is 0 Å². The third-order valence-electron chi connectivity index (χ3n) is 3.51. The van der Waals surface area contributed by atoms with E-state index in [1.54, 1.807) is 6.92 Å². The van der Waals surface area contributed by atoms with Gasteiger partial charge in [0.05, 0.1) is 0 Å². The first-order valence-electron chi connectivity index (χ1n) is 6.48. The van der Waals surface area contributed by atoms with Crippen molar-refractivity contribution in [2.45, 2.75) is 38.9 Å². The van der Waals surface area contributed by atoms with Crippen LogP contribution in [0.4, 0.5) is 4.39 Å². The van der Waals surface area contributed by atoms with Crippen LogP contribution in [0.15, 0.2) is 18.2 Å². The number of piperazine rings is 1. The van der Waals surface area contributed by atoms with Crippen LogP contribution in [0.5, 0.6) is 0 Å². The third-order valence-corrected chi connectivity index (χ3v) is 3.86. The second-order valence-electron chi connectivity index (χ2n) is 4.85. The van der Waals surface area contributed by atoms with E-state index in [2.05, 4.69) is 5.32 Å². The Bertz CT molecular complexity index is 550. The maximum atomic E-state index is 13.0. The van der Waals surface area contributed by atoms with Crippen molar-refractivity contribution in [3.63, 3.8) is 0 Å². The van der Waals surface area contributed by atoms with E-state index in [9.17, 15) is 14.0 Å². The Labute approximate surface area is 121 Å². The van der Waals surface area contributed by atoms with Gasteiger partial charge in [0.2, 0.25) is 11.8 Å². The van der Waals surface area contributed by atoms with Crippen LogP contribution in [0.2, 0.25) is 5.02 Å². The molecule has 2 atom stereocenters. The molecule has 1 aromatic carbocycles. The van der Waals surface area contributed by atoms with Crippen LogP contribution in [0, 0.1) is 5.82 Å². The summed E-state index contributed by atoms with van der Waals surface area (Å²) in [6, 6.07) is 2.96. The lowest BCUT2D eigenvalue weighted by Crippen LogP contribution is -2.61. The molecule has 6 heteroatoms. The minimum Gasteiger partial charge on any atom is -0.343 e. The molecule has 0 aliphatic carbocycles. The van der Waals surface area contributed by atoms with Gasteiger partial charge in [-0.1, -0.05) is 24.6 Å². The fraction of sp³-hybridized carbons (Fsp3) is 0.429. The molecular weight excluding hydrogens is 283 g/mol. The lowest BCUT2D eigenvalue weighted by atomic mass is 10.0. The Morgan fingerprint density at radius 1 is 1.40 bits per heavy atom. The molecule has 0 radical (unpaired) electrons. The number of hydrogen-bond acceptors (Lipinski definition) is 2. The summed E-state index contributed by atoms with van der Waals surface area (Å²) in [5.41, 5.74) is 0.623. The van der Waals surface area contributed by atoms with Gasteiger partial charge in [0.15, 0.2) is 0 Å². The highest BCUT2D eigenvalue weighted by molar-refractivity contribution is 6.31. The number of halogens is 2. The molecule has 1 heterocycles. The fourth-order valence-electron chi connectivity index (χ4n) is 2.21. The summed E-state index contributed by atoms with van der Waals surface area (Å²) in [7, 11) is 0.